The van der Waals surface area contributed by atoms with Gasteiger partial charge in [0.15, 0.2) is 0 Å². The van der Waals surface area contributed by atoms with Crippen LogP contribution >= 0.6 is 45.2 Å². The molecule has 0 heterocycles. The van der Waals surface area contributed by atoms with Gasteiger partial charge in [-0.15, -0.1) is 0 Å². The van der Waals surface area contributed by atoms with Crippen molar-refractivity contribution in [1.29, 1.82) is 0 Å². The Balaban J connectivity index is 0.00000364. The molecule has 14 heteroatoms. The van der Waals surface area contributed by atoms with Crippen molar-refractivity contribution in [1.82, 2.24) is 0 Å². The molecule has 0 unspecified atom stereocenters. The Kier molecular flexibility index (Phi) is 11.8. The molecule has 2 aromatic rings. The summed E-state index contributed by atoms with van der Waals surface area (Å²) >= 11 is 3.54. The third-order valence-corrected chi connectivity index (χ3v) is 6.84. The quantitative estimate of drug-likeness (QED) is 0.181. The summed E-state index contributed by atoms with van der Waals surface area (Å²) in [6, 6.07) is 5.36. The molecule has 0 aromatic heterocycles. The molecular weight excluding hydrogens is 660 g/mol. The summed E-state index contributed by atoms with van der Waals surface area (Å²) in [5.74, 6) is -0.463. The van der Waals surface area contributed by atoms with Crippen LogP contribution in [-0.2, 0) is 20.2 Å². The van der Waals surface area contributed by atoms with E-state index in [0.717, 1.165) is 0 Å². The Labute approximate surface area is 234 Å². The molecule has 0 N–H and O–H groups in total. The van der Waals surface area contributed by atoms with Gasteiger partial charge >= 0.3 is 59.1 Å². The Morgan fingerprint density at radius 3 is 1.21 bits per heavy atom. The summed E-state index contributed by atoms with van der Waals surface area (Å²) in [6.45, 7) is 0. The molecule has 0 saturated heterocycles. The molecule has 0 amide bonds. The maximum absolute atomic E-state index is 11.8. The molecule has 0 fully saturated rings. The van der Waals surface area contributed by atoms with Gasteiger partial charge in [-0.25, -0.2) is 16.8 Å². The van der Waals surface area contributed by atoms with Crippen LogP contribution in [0.4, 0.5) is 0 Å². The van der Waals surface area contributed by atoms with E-state index in [-0.39, 0.29) is 81.7 Å². The number of hydrogen-bond donors (Lipinski definition) is 0. The molecule has 0 aliphatic rings. The second-order valence-corrected chi connectivity index (χ2v) is 9.78. The van der Waals surface area contributed by atoms with Crippen LogP contribution in [0.25, 0.3) is 11.1 Å². The van der Waals surface area contributed by atoms with Crippen LogP contribution in [0.1, 0.15) is 0 Å². The van der Waals surface area contributed by atoms with E-state index in [2.05, 4.69) is 0 Å². The third-order valence-electron chi connectivity index (χ3n) is 3.33. The van der Waals surface area contributed by atoms with Gasteiger partial charge in [-0.3, -0.25) is 0 Å². The van der Waals surface area contributed by atoms with Gasteiger partial charge in [-0.1, -0.05) is 12.1 Å². The molecule has 28 heavy (non-hydrogen) atoms. The minimum atomic E-state index is -5.06. The molecule has 2 aromatic carbocycles. The van der Waals surface area contributed by atoms with Crippen molar-refractivity contribution in [3.05, 3.63) is 31.4 Å². The third kappa shape index (κ3) is 6.18. The van der Waals surface area contributed by atoms with E-state index in [4.69, 9.17) is 9.47 Å². The molecule has 0 radical (unpaired) electrons. The first-order valence-corrected chi connectivity index (χ1v) is 11.6. The minimum absolute atomic E-state index is 0. The maximum atomic E-state index is 11.8. The summed E-state index contributed by atoms with van der Waals surface area (Å²) in [7, 11) is -7.76. The van der Waals surface area contributed by atoms with Gasteiger partial charge in [0.1, 0.15) is 41.5 Å². The van der Waals surface area contributed by atoms with Gasteiger partial charge in [0.2, 0.25) is 0 Å². The van der Waals surface area contributed by atoms with Crippen LogP contribution in [-0.4, -0.2) is 40.2 Å². The van der Waals surface area contributed by atoms with E-state index in [9.17, 15) is 25.9 Å². The van der Waals surface area contributed by atoms with Crippen LogP contribution in [0.5, 0.6) is 11.5 Å². The van der Waals surface area contributed by atoms with Crippen molar-refractivity contribution in [2.24, 2.45) is 0 Å². The minimum Gasteiger partial charge on any atom is -0.744 e. The van der Waals surface area contributed by atoms with Gasteiger partial charge in [0.05, 0.1) is 21.4 Å². The van der Waals surface area contributed by atoms with Crippen LogP contribution in [0.3, 0.4) is 0 Å². The summed E-state index contributed by atoms with van der Waals surface area (Å²) in [5.41, 5.74) is -0.525. The fourth-order valence-corrected chi connectivity index (χ4v) is 5.82. The van der Waals surface area contributed by atoms with Crippen molar-refractivity contribution in [2.45, 2.75) is 9.79 Å². The van der Waals surface area contributed by atoms with Gasteiger partial charge in [0.25, 0.3) is 0 Å². The maximum Gasteiger partial charge on any atom is 1.00 e. The van der Waals surface area contributed by atoms with Gasteiger partial charge in [-0.05, 0) is 57.3 Å². The van der Waals surface area contributed by atoms with Crippen LogP contribution in [0, 0.1) is 7.14 Å². The topological polar surface area (TPSA) is 133 Å². The zero-order valence-corrected chi connectivity index (χ0v) is 25.1. The van der Waals surface area contributed by atoms with Crippen molar-refractivity contribution >= 4 is 65.4 Å². The monoisotopic (exact) mass is 670 g/mol. The number of ether oxygens (including phenoxy) is 2. The molecule has 0 atom stereocenters. The first kappa shape index (κ1) is 29.3. The fourth-order valence-electron chi connectivity index (χ4n) is 2.38. The number of rotatable bonds is 5. The van der Waals surface area contributed by atoms with E-state index >= 15 is 0 Å². The van der Waals surface area contributed by atoms with Crippen molar-refractivity contribution < 1.29 is 94.5 Å². The molecule has 8 nitrogen and oxygen atoms in total. The van der Waals surface area contributed by atoms with Gasteiger partial charge < -0.3 is 18.6 Å². The van der Waals surface area contributed by atoms with E-state index < -0.39 is 30.0 Å². The Hall–Kier alpha value is 1.32. The van der Waals surface area contributed by atoms with Crippen molar-refractivity contribution in [3.63, 3.8) is 0 Å². The summed E-state index contributed by atoms with van der Waals surface area (Å²) in [4.78, 5) is -1.50. The number of benzene rings is 2. The molecule has 0 aliphatic carbocycles. The van der Waals surface area contributed by atoms with E-state index in [1.807, 2.05) is 0 Å². The van der Waals surface area contributed by atoms with E-state index in [0.29, 0.717) is 7.14 Å². The van der Waals surface area contributed by atoms with Gasteiger partial charge in [0, 0.05) is 11.1 Å². The molecular formula is C14H10I2Na2O8S2. The molecule has 142 valence electrons. The Morgan fingerprint density at radius 1 is 0.714 bits per heavy atom. The SMILES string of the molecule is COc1c(I)ccc(-c2ccc(I)c(OC)c2S(=O)(=O)[O-])c1S(=O)(=O)[O-].[Na+].[Na+]. The van der Waals surface area contributed by atoms with Crippen molar-refractivity contribution in [3.8, 4) is 22.6 Å². The summed E-state index contributed by atoms with van der Waals surface area (Å²) in [6.07, 6.45) is 0. The summed E-state index contributed by atoms with van der Waals surface area (Å²) in [5, 5.41) is 0. The van der Waals surface area contributed by atoms with E-state index in [1.54, 1.807) is 45.2 Å². The number of methoxy groups -OCH3 is 2. The second-order valence-electron chi connectivity index (χ2n) is 4.82. The Bertz CT molecular complexity index is 1000. The normalized spacial score (nSPS) is 11.2. The standard InChI is InChI=1S/C14H12I2O8S2.2Na/c1-23-11-9(15)5-3-7(13(11)25(17,18)19)8-4-6-10(16)12(24-2)14(8)26(20,21)22;;/h3-6H,1-2H3,(H,17,18,19)(H,20,21,22);;/q;2*+1/p-2. The zero-order valence-electron chi connectivity index (χ0n) is 15.1. The van der Waals surface area contributed by atoms with Crippen LogP contribution < -0.4 is 68.6 Å². The second kappa shape index (κ2) is 11.3. The molecule has 0 spiro atoms. The molecule has 0 bridgehead atoms. The van der Waals surface area contributed by atoms with Crippen LogP contribution in [0.2, 0.25) is 0 Å². The van der Waals surface area contributed by atoms with Crippen LogP contribution in [0.15, 0.2) is 34.1 Å². The largest absolute Gasteiger partial charge is 1.00 e. The van der Waals surface area contributed by atoms with Crippen molar-refractivity contribution in [2.75, 3.05) is 14.2 Å². The first-order chi connectivity index (χ1) is 11.9. The fraction of sp³-hybridized carbons (Fsp3) is 0.143. The molecule has 0 saturated carbocycles. The zero-order chi connectivity index (χ0) is 19.9. The van der Waals surface area contributed by atoms with E-state index in [1.165, 1.54) is 38.5 Å². The van der Waals surface area contributed by atoms with Gasteiger partial charge in [-0.2, -0.15) is 0 Å². The molecule has 2 rings (SSSR count). The first-order valence-electron chi connectivity index (χ1n) is 6.58. The number of hydrogen-bond acceptors (Lipinski definition) is 8. The average Bonchev–Trinajstić information content (AvgIpc) is 2.52. The molecule has 0 aliphatic heterocycles. The average molecular weight is 670 g/mol. The summed E-state index contributed by atoms with van der Waals surface area (Å²) < 4.78 is 81.8. The number of halogens is 2. The predicted octanol–water partition coefficient (Wildman–Crippen LogP) is -3.60. The smallest absolute Gasteiger partial charge is 0.744 e. The Morgan fingerprint density at radius 2 is 1.00 bits per heavy atom. The predicted molar refractivity (Wildman–Crippen MR) is 106 cm³/mol.